The van der Waals surface area contributed by atoms with E-state index in [9.17, 15) is 9.50 Å². The van der Waals surface area contributed by atoms with Crippen molar-refractivity contribution in [2.24, 2.45) is 10.1 Å². The Labute approximate surface area is 174 Å². The third kappa shape index (κ3) is 4.28. The first-order chi connectivity index (χ1) is 14.1. The van der Waals surface area contributed by atoms with Crippen molar-refractivity contribution in [2.45, 2.75) is 0 Å². The maximum absolute atomic E-state index is 13.2. The first kappa shape index (κ1) is 19.1. The van der Waals surface area contributed by atoms with Gasteiger partial charge >= 0.3 is 0 Å². The molecule has 4 aromatic rings. The average molecular weight is 426 g/mol. The number of methoxy groups -OCH3 is 1. The highest BCUT2D eigenvalue weighted by Crippen LogP contribution is 2.26. The molecule has 0 bridgehead atoms. The molecule has 1 N–H and O–H groups in total. The molecule has 0 amide bonds. The molecule has 8 heteroatoms. The van der Waals surface area contributed by atoms with Crippen LogP contribution in [0.3, 0.4) is 0 Å². The van der Waals surface area contributed by atoms with Crippen LogP contribution in [-0.2, 0) is 0 Å². The summed E-state index contributed by atoms with van der Waals surface area (Å²) < 4.78 is 20.1. The van der Waals surface area contributed by atoms with E-state index in [-0.39, 0.29) is 11.6 Å². The van der Waals surface area contributed by atoms with Gasteiger partial charge in [-0.1, -0.05) is 6.07 Å². The van der Waals surface area contributed by atoms with Crippen molar-refractivity contribution >= 4 is 34.6 Å². The molecule has 2 aromatic heterocycles. The van der Waals surface area contributed by atoms with Crippen LogP contribution in [0.1, 0.15) is 5.56 Å². The zero-order chi connectivity index (χ0) is 20.2. The molecule has 0 atom stereocenters. The molecule has 5 nitrogen and oxygen atoms in total. The molecule has 0 saturated heterocycles. The highest BCUT2D eigenvalue weighted by molar-refractivity contribution is 7.14. The quantitative estimate of drug-likeness (QED) is 0.444. The van der Waals surface area contributed by atoms with Crippen LogP contribution in [0.4, 0.5) is 10.1 Å². The second kappa shape index (κ2) is 8.42. The van der Waals surface area contributed by atoms with Gasteiger partial charge in [0.15, 0.2) is 0 Å². The van der Waals surface area contributed by atoms with Crippen LogP contribution in [0.15, 0.2) is 75.5 Å². The summed E-state index contributed by atoms with van der Waals surface area (Å²) >= 11 is 3.02. The van der Waals surface area contributed by atoms with E-state index in [0.29, 0.717) is 21.8 Å². The highest BCUT2D eigenvalue weighted by atomic mass is 32.1. The van der Waals surface area contributed by atoms with E-state index in [4.69, 9.17) is 4.74 Å². The van der Waals surface area contributed by atoms with Crippen LogP contribution >= 0.6 is 22.7 Å². The largest absolute Gasteiger partial charge is 0.507 e. The Balaban J connectivity index is 1.82. The van der Waals surface area contributed by atoms with Crippen molar-refractivity contribution in [1.82, 2.24) is 4.68 Å². The predicted molar refractivity (Wildman–Crippen MR) is 115 cm³/mol. The summed E-state index contributed by atoms with van der Waals surface area (Å²) in [6.07, 6.45) is 1.56. The Hall–Kier alpha value is -3.23. The minimum Gasteiger partial charge on any atom is -0.507 e. The van der Waals surface area contributed by atoms with Crippen LogP contribution in [0.25, 0.3) is 10.6 Å². The van der Waals surface area contributed by atoms with Gasteiger partial charge < -0.3 is 9.84 Å². The molecule has 0 spiro atoms. The summed E-state index contributed by atoms with van der Waals surface area (Å²) in [5.41, 5.74) is 2.02. The van der Waals surface area contributed by atoms with Crippen molar-refractivity contribution in [3.05, 3.63) is 81.5 Å². The molecular formula is C21H16FN3O2S2. The lowest BCUT2D eigenvalue weighted by Gasteiger charge is -2.04. The predicted octanol–water partition coefficient (Wildman–Crippen LogP) is 5.25. The number of thiophene rings is 1. The normalized spacial score (nSPS) is 12.0. The van der Waals surface area contributed by atoms with Gasteiger partial charge in [0.05, 0.1) is 29.6 Å². The van der Waals surface area contributed by atoms with Gasteiger partial charge in [-0.3, -0.25) is 0 Å². The number of aromatic hydroxyl groups is 1. The third-order valence-electron chi connectivity index (χ3n) is 4.06. The lowest BCUT2D eigenvalue weighted by Crippen LogP contribution is -2.11. The van der Waals surface area contributed by atoms with Crippen LogP contribution in [0.2, 0.25) is 0 Å². The maximum atomic E-state index is 13.2. The van der Waals surface area contributed by atoms with Gasteiger partial charge in [-0.05, 0) is 53.9 Å². The Bertz CT molecular complexity index is 1210. The molecule has 2 aromatic carbocycles. The number of rotatable bonds is 5. The van der Waals surface area contributed by atoms with Crippen LogP contribution in [0, 0.1) is 5.82 Å². The molecule has 0 aliphatic carbocycles. The van der Waals surface area contributed by atoms with Gasteiger partial charge in [-0.2, -0.15) is 5.10 Å². The third-order valence-corrected chi connectivity index (χ3v) is 5.77. The number of hydrogen-bond donors (Lipinski definition) is 1. The van der Waals surface area contributed by atoms with Crippen molar-refractivity contribution in [2.75, 3.05) is 7.11 Å². The van der Waals surface area contributed by atoms with Crippen molar-refractivity contribution < 1.29 is 14.2 Å². The fraction of sp³-hybridized carbons (Fsp3) is 0.0476. The Morgan fingerprint density at radius 2 is 1.93 bits per heavy atom. The maximum Gasteiger partial charge on any atom is 0.211 e. The van der Waals surface area contributed by atoms with Gasteiger partial charge in [-0.15, -0.1) is 22.7 Å². The number of halogens is 1. The lowest BCUT2D eigenvalue weighted by atomic mass is 10.2. The number of phenolic OH excluding ortho intramolecular Hbond substituents is 1. The second-order valence-electron chi connectivity index (χ2n) is 5.95. The molecule has 146 valence electrons. The van der Waals surface area contributed by atoms with E-state index < -0.39 is 0 Å². The number of hydrogen-bond acceptors (Lipinski definition) is 6. The number of benzene rings is 2. The van der Waals surface area contributed by atoms with E-state index >= 15 is 0 Å². The molecular weight excluding hydrogens is 409 g/mol. The second-order valence-corrected chi connectivity index (χ2v) is 7.73. The number of thiazole rings is 1. The first-order valence-electron chi connectivity index (χ1n) is 8.60. The van der Waals surface area contributed by atoms with Crippen molar-refractivity contribution in [3.8, 4) is 22.1 Å². The Morgan fingerprint density at radius 3 is 2.66 bits per heavy atom. The topological polar surface area (TPSA) is 59.1 Å². The van der Waals surface area contributed by atoms with Gasteiger partial charge in [0.25, 0.3) is 0 Å². The minimum atomic E-state index is -0.311. The van der Waals surface area contributed by atoms with Crippen LogP contribution < -0.4 is 9.54 Å². The van der Waals surface area contributed by atoms with Crippen molar-refractivity contribution in [3.63, 3.8) is 0 Å². The number of phenols is 1. The molecule has 0 radical (unpaired) electrons. The molecule has 0 fully saturated rings. The summed E-state index contributed by atoms with van der Waals surface area (Å²) in [7, 11) is 1.56. The molecule has 0 saturated carbocycles. The lowest BCUT2D eigenvalue weighted by molar-refractivity contribution is 0.412. The smallest absolute Gasteiger partial charge is 0.211 e. The van der Waals surface area contributed by atoms with E-state index in [1.807, 2.05) is 22.9 Å². The van der Waals surface area contributed by atoms with Crippen LogP contribution in [-0.4, -0.2) is 23.1 Å². The monoisotopic (exact) mass is 425 g/mol. The SMILES string of the molecule is COc1ccc(O)c(C=Nn2c(-c3cccs3)csc2=Nc2ccc(F)cc2)c1. The van der Waals surface area contributed by atoms with E-state index in [1.54, 1.807) is 59.7 Å². The molecule has 4 rings (SSSR count). The number of nitrogens with zero attached hydrogens (tertiary/aromatic N) is 3. The molecule has 0 aliphatic rings. The molecule has 0 unspecified atom stereocenters. The summed E-state index contributed by atoms with van der Waals surface area (Å²) in [4.78, 5) is 6.26. The molecule has 29 heavy (non-hydrogen) atoms. The Kier molecular flexibility index (Phi) is 5.55. The van der Waals surface area contributed by atoms with Gasteiger partial charge in [0, 0.05) is 10.9 Å². The van der Waals surface area contributed by atoms with Crippen LogP contribution in [0.5, 0.6) is 11.5 Å². The minimum absolute atomic E-state index is 0.0973. The van der Waals surface area contributed by atoms with E-state index in [0.717, 1.165) is 10.6 Å². The fourth-order valence-corrected chi connectivity index (χ4v) is 4.24. The standard InChI is InChI=1S/C21H16FN3O2S2/c1-27-17-8-9-19(26)14(11-17)12-23-25-18(20-3-2-10-28-20)13-29-21(25)24-16-6-4-15(22)5-7-16/h2-13,26H,1H3. The molecule has 2 heterocycles. The van der Waals surface area contributed by atoms with Gasteiger partial charge in [0.2, 0.25) is 4.80 Å². The molecule has 0 aliphatic heterocycles. The zero-order valence-corrected chi connectivity index (χ0v) is 17.0. The van der Waals surface area contributed by atoms with E-state index in [2.05, 4.69) is 10.1 Å². The average Bonchev–Trinajstić information content (AvgIpc) is 3.39. The highest BCUT2D eigenvalue weighted by Gasteiger charge is 2.09. The first-order valence-corrected chi connectivity index (χ1v) is 10.4. The van der Waals surface area contributed by atoms with E-state index in [1.165, 1.54) is 23.5 Å². The summed E-state index contributed by atoms with van der Waals surface area (Å²) in [5.74, 6) is 0.406. The van der Waals surface area contributed by atoms with Crippen molar-refractivity contribution in [1.29, 1.82) is 0 Å². The van der Waals surface area contributed by atoms with Gasteiger partial charge in [-0.25, -0.2) is 14.1 Å². The summed E-state index contributed by atoms with van der Waals surface area (Å²) in [5, 5.41) is 18.7. The Morgan fingerprint density at radius 1 is 1.10 bits per heavy atom. The number of aromatic nitrogens is 1. The summed E-state index contributed by atoms with van der Waals surface area (Å²) in [6, 6.07) is 14.9. The zero-order valence-electron chi connectivity index (χ0n) is 15.3. The van der Waals surface area contributed by atoms with Gasteiger partial charge in [0.1, 0.15) is 17.3 Å². The fourth-order valence-electron chi connectivity index (χ4n) is 2.59. The number of ether oxygens (including phenoxy) is 1. The summed E-state index contributed by atoms with van der Waals surface area (Å²) in [6.45, 7) is 0.